The molecular weight excluding hydrogens is 288 g/mol. The van der Waals surface area contributed by atoms with Crippen molar-refractivity contribution in [3.05, 3.63) is 60.2 Å². The molecule has 0 aromatic heterocycles. The number of aliphatic hydroxyl groups excluding tert-OH is 1. The molecule has 0 aliphatic heterocycles. The number of nitrogens with one attached hydrogen (secondary N) is 2. The van der Waals surface area contributed by atoms with Crippen LogP contribution in [0.4, 0.5) is 11.4 Å². The van der Waals surface area contributed by atoms with Crippen LogP contribution in [-0.2, 0) is 11.2 Å². The summed E-state index contributed by atoms with van der Waals surface area (Å²) in [5.74, 6) is 0.316. The number of hydrogen-bond donors (Lipinski definition) is 3. The Bertz CT molecular complexity index is 653. The van der Waals surface area contributed by atoms with Gasteiger partial charge in [-0.2, -0.15) is 0 Å². The van der Waals surface area contributed by atoms with Gasteiger partial charge >= 0.3 is 0 Å². The fraction of sp³-hybridized carbons (Fsp3) is 0.316. The van der Waals surface area contributed by atoms with Crippen LogP contribution in [0.25, 0.3) is 0 Å². The zero-order chi connectivity index (χ0) is 16.1. The molecule has 3 N–H and O–H groups in total. The van der Waals surface area contributed by atoms with Crippen LogP contribution in [0.1, 0.15) is 18.4 Å². The van der Waals surface area contributed by atoms with Gasteiger partial charge in [0.2, 0.25) is 5.91 Å². The van der Waals surface area contributed by atoms with Gasteiger partial charge in [0.15, 0.2) is 0 Å². The zero-order valence-electron chi connectivity index (χ0n) is 13.0. The van der Waals surface area contributed by atoms with E-state index in [0.717, 1.165) is 12.1 Å². The fourth-order valence-corrected chi connectivity index (χ4v) is 2.80. The van der Waals surface area contributed by atoms with Crippen molar-refractivity contribution in [2.24, 2.45) is 5.92 Å². The van der Waals surface area contributed by atoms with Crippen LogP contribution in [0, 0.1) is 5.92 Å². The van der Waals surface area contributed by atoms with Crippen LogP contribution in [0.2, 0.25) is 0 Å². The summed E-state index contributed by atoms with van der Waals surface area (Å²) >= 11 is 0. The van der Waals surface area contributed by atoms with Gasteiger partial charge in [-0.15, -0.1) is 0 Å². The second kappa shape index (κ2) is 7.29. The Balaban J connectivity index is 1.68. The molecule has 2 aromatic carbocycles. The van der Waals surface area contributed by atoms with E-state index in [1.54, 1.807) is 0 Å². The first-order chi connectivity index (χ1) is 11.2. The van der Waals surface area contributed by atoms with Gasteiger partial charge in [-0.05, 0) is 48.9 Å². The van der Waals surface area contributed by atoms with Crippen LogP contribution in [0.15, 0.2) is 54.6 Å². The second-order valence-corrected chi connectivity index (χ2v) is 6.07. The van der Waals surface area contributed by atoms with Gasteiger partial charge in [0.25, 0.3) is 0 Å². The molecule has 120 valence electrons. The molecule has 4 nitrogen and oxygen atoms in total. The Morgan fingerprint density at radius 3 is 2.52 bits per heavy atom. The number of amides is 1. The molecule has 23 heavy (non-hydrogen) atoms. The predicted octanol–water partition coefficient (Wildman–Crippen LogP) is 3.05. The summed E-state index contributed by atoms with van der Waals surface area (Å²) in [5.41, 5.74) is 3.03. The summed E-state index contributed by atoms with van der Waals surface area (Å²) < 4.78 is 0. The molecule has 1 aliphatic carbocycles. The third-order valence-corrected chi connectivity index (χ3v) is 4.13. The summed E-state index contributed by atoms with van der Waals surface area (Å²) in [6.07, 6.45) is 3.54. The van der Waals surface area contributed by atoms with Gasteiger partial charge in [0.1, 0.15) is 6.61 Å². The quantitative estimate of drug-likeness (QED) is 0.736. The van der Waals surface area contributed by atoms with Gasteiger partial charge < -0.3 is 15.7 Å². The Hall–Kier alpha value is -2.33. The average Bonchev–Trinajstić information content (AvgIpc) is 3.40. The van der Waals surface area contributed by atoms with Crippen LogP contribution < -0.4 is 10.6 Å². The molecule has 1 unspecified atom stereocenters. The normalized spacial score (nSPS) is 15.0. The van der Waals surface area contributed by atoms with E-state index in [2.05, 4.69) is 34.9 Å². The maximum atomic E-state index is 11.3. The van der Waals surface area contributed by atoms with Crippen LogP contribution >= 0.6 is 0 Å². The third kappa shape index (κ3) is 4.57. The molecule has 0 bridgehead atoms. The van der Waals surface area contributed by atoms with Gasteiger partial charge in [-0.25, -0.2) is 0 Å². The molecule has 4 heteroatoms. The second-order valence-electron chi connectivity index (χ2n) is 6.07. The Morgan fingerprint density at radius 2 is 1.83 bits per heavy atom. The minimum absolute atomic E-state index is 0.398. The van der Waals surface area contributed by atoms with Crippen molar-refractivity contribution in [1.29, 1.82) is 0 Å². The number of carbonyl (C=O) groups excluding carboxylic acids is 1. The molecule has 2 aromatic rings. The first-order valence-electron chi connectivity index (χ1n) is 8.06. The van der Waals surface area contributed by atoms with Crippen LogP contribution in [0.5, 0.6) is 0 Å². The highest BCUT2D eigenvalue weighted by molar-refractivity contribution is 5.91. The van der Waals surface area contributed by atoms with E-state index < -0.39 is 12.5 Å². The largest absolute Gasteiger partial charge is 0.387 e. The van der Waals surface area contributed by atoms with E-state index >= 15 is 0 Å². The standard InChI is InChI=1S/C19H22N2O2/c22-13-19(23)21-17-8-4-7-16(12-17)20-18(15-9-10-15)11-14-5-2-1-3-6-14/h1-8,12,15,18,20,22H,9-11,13H2,(H,21,23). The van der Waals surface area contributed by atoms with Crippen molar-refractivity contribution in [3.8, 4) is 0 Å². The van der Waals surface area contributed by atoms with Crippen molar-refractivity contribution in [3.63, 3.8) is 0 Å². The van der Waals surface area contributed by atoms with Crippen molar-refractivity contribution in [1.82, 2.24) is 0 Å². The first-order valence-corrected chi connectivity index (χ1v) is 8.06. The molecule has 0 radical (unpaired) electrons. The molecule has 0 heterocycles. The van der Waals surface area contributed by atoms with E-state index in [9.17, 15) is 4.79 Å². The zero-order valence-corrected chi connectivity index (χ0v) is 13.0. The van der Waals surface area contributed by atoms with Crippen molar-refractivity contribution >= 4 is 17.3 Å². The number of carbonyl (C=O) groups is 1. The lowest BCUT2D eigenvalue weighted by molar-refractivity contribution is -0.118. The summed E-state index contributed by atoms with van der Waals surface area (Å²) in [6.45, 7) is -0.504. The summed E-state index contributed by atoms with van der Waals surface area (Å²) in [7, 11) is 0. The topological polar surface area (TPSA) is 61.4 Å². The average molecular weight is 310 g/mol. The smallest absolute Gasteiger partial charge is 0.250 e. The van der Waals surface area contributed by atoms with Crippen molar-refractivity contribution in [2.45, 2.75) is 25.3 Å². The van der Waals surface area contributed by atoms with E-state index in [1.165, 1.54) is 18.4 Å². The maximum absolute atomic E-state index is 11.3. The first kappa shape index (κ1) is 15.6. The Morgan fingerprint density at radius 1 is 1.09 bits per heavy atom. The monoisotopic (exact) mass is 310 g/mol. The summed E-state index contributed by atoms with van der Waals surface area (Å²) in [5, 5.41) is 15.1. The van der Waals surface area contributed by atoms with E-state index in [0.29, 0.717) is 17.6 Å². The van der Waals surface area contributed by atoms with Crippen LogP contribution in [0.3, 0.4) is 0 Å². The van der Waals surface area contributed by atoms with Crippen LogP contribution in [-0.4, -0.2) is 23.7 Å². The van der Waals surface area contributed by atoms with Gasteiger partial charge in [-0.1, -0.05) is 36.4 Å². The summed E-state index contributed by atoms with van der Waals surface area (Å²) in [6, 6.07) is 18.6. The minimum Gasteiger partial charge on any atom is -0.387 e. The maximum Gasteiger partial charge on any atom is 0.250 e. The minimum atomic E-state index is -0.504. The molecule has 1 atom stereocenters. The van der Waals surface area contributed by atoms with E-state index in [1.807, 2.05) is 30.3 Å². The number of anilines is 2. The highest BCUT2D eigenvalue weighted by Crippen LogP contribution is 2.36. The molecule has 1 amide bonds. The lowest BCUT2D eigenvalue weighted by atomic mass is 10.0. The molecule has 1 aliphatic rings. The highest BCUT2D eigenvalue weighted by atomic mass is 16.3. The number of rotatable bonds is 7. The molecular formula is C19H22N2O2. The highest BCUT2D eigenvalue weighted by Gasteiger charge is 2.31. The van der Waals surface area contributed by atoms with Gasteiger partial charge in [0.05, 0.1) is 0 Å². The number of aliphatic hydroxyl groups is 1. The predicted molar refractivity (Wildman–Crippen MR) is 92.4 cm³/mol. The van der Waals surface area contributed by atoms with E-state index in [4.69, 9.17) is 5.11 Å². The SMILES string of the molecule is O=C(CO)Nc1cccc(NC(Cc2ccccc2)C2CC2)c1. The number of benzene rings is 2. The lowest BCUT2D eigenvalue weighted by Crippen LogP contribution is -2.24. The Kier molecular flexibility index (Phi) is 4.93. The fourth-order valence-electron chi connectivity index (χ4n) is 2.80. The molecule has 0 saturated heterocycles. The van der Waals surface area contributed by atoms with Crippen molar-refractivity contribution < 1.29 is 9.90 Å². The third-order valence-electron chi connectivity index (χ3n) is 4.13. The lowest BCUT2D eigenvalue weighted by Gasteiger charge is -2.20. The molecule has 0 spiro atoms. The molecule has 3 rings (SSSR count). The van der Waals surface area contributed by atoms with E-state index in [-0.39, 0.29) is 0 Å². The molecule has 1 fully saturated rings. The Labute approximate surface area is 136 Å². The molecule has 1 saturated carbocycles. The number of hydrogen-bond acceptors (Lipinski definition) is 3. The van der Waals surface area contributed by atoms with Gasteiger partial charge in [0, 0.05) is 17.4 Å². The summed E-state index contributed by atoms with van der Waals surface area (Å²) in [4.78, 5) is 11.3. The van der Waals surface area contributed by atoms with Gasteiger partial charge in [-0.3, -0.25) is 4.79 Å². The van der Waals surface area contributed by atoms with Crippen molar-refractivity contribution in [2.75, 3.05) is 17.2 Å².